The minimum atomic E-state index is -5.28. The van der Waals surface area contributed by atoms with Crippen molar-refractivity contribution in [3.8, 4) is 39.1 Å². The van der Waals surface area contributed by atoms with Crippen molar-refractivity contribution in [1.82, 2.24) is 4.57 Å². The first kappa shape index (κ1) is 64.3. The highest BCUT2D eigenvalue weighted by molar-refractivity contribution is 6.21. The molecule has 440 valence electrons. The summed E-state index contributed by atoms with van der Waals surface area (Å²) in [5.74, 6) is -0.984. The van der Waals surface area contributed by atoms with Crippen LogP contribution in [0.15, 0.2) is 189 Å². The molecular weight excluding hydrogens is 1150 g/mol. The number of hydrogen-bond acceptors (Lipinski definition) is 2. The minimum absolute atomic E-state index is 0.0686. The van der Waals surface area contributed by atoms with Gasteiger partial charge in [-0.3, -0.25) is 9.59 Å². The molecule has 0 aliphatic rings. The van der Waals surface area contributed by atoms with Gasteiger partial charge in [-0.2, -0.15) is 79.0 Å². The quantitative estimate of drug-likeness (QED) is 0.0864. The van der Waals surface area contributed by atoms with Gasteiger partial charge in [0.05, 0.1) is 56.6 Å². The van der Waals surface area contributed by atoms with Crippen LogP contribution in [0.25, 0.3) is 60.9 Å². The SMILES string of the molecule is C=CCC(F)(F)F.CC(F)(F)F.Cc1cccc(-n2c3c(-c4cc(C(F)(F)F)cc(C(F)(F)F)c4)cccc3c3cccc(-c4cc(C(F)(F)F)cc(C(F)(F)F)c4)c32)c1C(=O)N(C=O)c1ccc(-c2ccccc2)cc1.Cc1ccccc1. The number of allylic oxidation sites excluding steroid dienone is 1. The second kappa shape index (κ2) is 25.4. The van der Waals surface area contributed by atoms with Crippen molar-refractivity contribution in [2.45, 2.75) is 64.2 Å². The maximum atomic E-state index is 14.9. The van der Waals surface area contributed by atoms with Crippen LogP contribution in [0.2, 0.25) is 0 Å². The van der Waals surface area contributed by atoms with Crippen molar-refractivity contribution in [1.29, 1.82) is 0 Å². The van der Waals surface area contributed by atoms with E-state index in [1.807, 2.05) is 36.4 Å². The number of alkyl halides is 18. The Kier molecular flexibility index (Phi) is 19.4. The smallest absolute Gasteiger partial charge is 0.307 e. The normalized spacial score (nSPS) is 12.1. The lowest BCUT2D eigenvalue weighted by Gasteiger charge is -2.22. The molecule has 0 aliphatic heterocycles. The Morgan fingerprint density at radius 2 is 0.857 bits per heavy atom. The molecule has 2 amide bonds. The summed E-state index contributed by atoms with van der Waals surface area (Å²) in [6.07, 6.45) is -29.0. The second-order valence-electron chi connectivity index (χ2n) is 18.5. The van der Waals surface area contributed by atoms with Crippen LogP contribution in [0.1, 0.15) is 57.1 Å². The van der Waals surface area contributed by atoms with Gasteiger partial charge in [-0.1, -0.05) is 133 Å². The maximum Gasteiger partial charge on any atom is 0.416 e. The third-order valence-corrected chi connectivity index (χ3v) is 12.2. The molecule has 0 unspecified atom stereocenters. The van der Waals surface area contributed by atoms with E-state index in [-0.39, 0.29) is 80.9 Å². The number of aromatic nitrogens is 1. The summed E-state index contributed by atoms with van der Waals surface area (Å²) in [4.78, 5) is 28.5. The molecular formula is C62H44F18N2O2. The predicted octanol–water partition coefficient (Wildman–Crippen LogP) is 20.7. The average Bonchev–Trinajstić information content (AvgIpc) is 4.02. The van der Waals surface area contributed by atoms with E-state index >= 15 is 0 Å². The van der Waals surface area contributed by atoms with Crippen molar-refractivity contribution in [3.05, 3.63) is 228 Å². The van der Waals surface area contributed by atoms with E-state index < -0.39 is 82.8 Å². The molecule has 0 fully saturated rings. The van der Waals surface area contributed by atoms with Crippen molar-refractivity contribution < 1.29 is 88.6 Å². The van der Waals surface area contributed by atoms with Crippen molar-refractivity contribution in [2.24, 2.45) is 0 Å². The predicted molar refractivity (Wildman–Crippen MR) is 285 cm³/mol. The molecule has 1 aromatic heterocycles. The summed E-state index contributed by atoms with van der Waals surface area (Å²) in [6, 6.07) is 39.5. The lowest BCUT2D eigenvalue weighted by Crippen LogP contribution is -2.31. The summed E-state index contributed by atoms with van der Waals surface area (Å²) in [7, 11) is 0. The van der Waals surface area contributed by atoms with E-state index in [0.29, 0.717) is 24.3 Å². The number of halogens is 18. The highest BCUT2D eigenvalue weighted by Gasteiger charge is 2.39. The van der Waals surface area contributed by atoms with E-state index in [1.54, 1.807) is 24.3 Å². The Morgan fingerprint density at radius 1 is 0.476 bits per heavy atom. The van der Waals surface area contributed by atoms with Gasteiger partial charge in [0.2, 0.25) is 6.41 Å². The van der Waals surface area contributed by atoms with Crippen LogP contribution in [-0.4, -0.2) is 29.2 Å². The number of benzene rings is 8. The molecule has 0 saturated carbocycles. The van der Waals surface area contributed by atoms with Gasteiger partial charge < -0.3 is 4.57 Å². The number of amides is 2. The van der Waals surface area contributed by atoms with Crippen LogP contribution in [0, 0.1) is 13.8 Å². The summed E-state index contributed by atoms with van der Waals surface area (Å²) in [5.41, 5.74) is -6.13. The van der Waals surface area contributed by atoms with Crippen LogP contribution < -0.4 is 4.90 Å². The number of carbonyl (C=O) groups is 2. The van der Waals surface area contributed by atoms with Gasteiger partial charge in [-0.05, 0) is 96.3 Å². The van der Waals surface area contributed by atoms with Gasteiger partial charge in [0.25, 0.3) is 5.91 Å². The average molecular weight is 1190 g/mol. The van der Waals surface area contributed by atoms with E-state index in [1.165, 1.54) is 83.8 Å². The van der Waals surface area contributed by atoms with E-state index in [4.69, 9.17) is 0 Å². The Labute approximate surface area is 467 Å². The zero-order chi connectivity index (χ0) is 62.3. The number of para-hydroxylation sites is 2. The van der Waals surface area contributed by atoms with E-state index in [2.05, 4.69) is 25.6 Å². The van der Waals surface area contributed by atoms with Crippen molar-refractivity contribution in [3.63, 3.8) is 0 Å². The largest absolute Gasteiger partial charge is 0.416 e. The number of carbonyl (C=O) groups excluding carboxylic acids is 2. The molecule has 8 aromatic carbocycles. The third kappa shape index (κ3) is 16.2. The van der Waals surface area contributed by atoms with Gasteiger partial charge >= 0.3 is 37.1 Å². The summed E-state index contributed by atoms with van der Waals surface area (Å²) in [6.45, 7) is 6.67. The molecule has 9 rings (SSSR count). The molecule has 84 heavy (non-hydrogen) atoms. The fraction of sp³-hybridized carbons (Fsp3) is 0.161. The van der Waals surface area contributed by atoms with E-state index in [0.717, 1.165) is 22.1 Å². The molecule has 0 spiro atoms. The molecule has 1 heterocycles. The van der Waals surface area contributed by atoms with E-state index in [9.17, 15) is 88.6 Å². The first-order valence-electron chi connectivity index (χ1n) is 24.5. The molecule has 9 aromatic rings. The third-order valence-electron chi connectivity index (χ3n) is 12.2. The minimum Gasteiger partial charge on any atom is -0.307 e. The Hall–Kier alpha value is -8.82. The maximum absolute atomic E-state index is 14.9. The van der Waals surface area contributed by atoms with Gasteiger partial charge in [0.15, 0.2) is 0 Å². The Morgan fingerprint density at radius 3 is 1.19 bits per heavy atom. The standard InChI is InChI=1S/C49H28F12N2O2.C7H8.C4H5F3.C2H3F3/c1-27-8-5-15-41(42(27)45(65)62(26-64)36-18-16-29(17-19-36)28-9-3-2-4-10-28)63-43-37(30-20-32(46(50,51)52)24-33(21-30)47(53,54)55)11-6-13-39(43)40-14-7-12-38(44(40)63)31-22-34(48(56,57)58)25-35(23-31)49(59,60)61;1-7-5-3-2-4-6-7;1-2-3-4(5,6)7;1-2(3,4)5/h2-26H,1H3;2-6H,1H3;2H,1,3H2;1H3. The lowest BCUT2D eigenvalue weighted by atomic mass is 9.96. The number of anilines is 1. The van der Waals surface area contributed by atoms with Crippen LogP contribution in [0.3, 0.4) is 0 Å². The summed E-state index contributed by atoms with van der Waals surface area (Å²) >= 11 is 0. The number of imide groups is 1. The van der Waals surface area contributed by atoms with Gasteiger partial charge in [-0.15, -0.1) is 6.58 Å². The van der Waals surface area contributed by atoms with Gasteiger partial charge in [-0.25, -0.2) is 4.90 Å². The topological polar surface area (TPSA) is 42.3 Å². The monoisotopic (exact) mass is 1190 g/mol. The van der Waals surface area contributed by atoms with Crippen molar-refractivity contribution in [2.75, 3.05) is 4.90 Å². The van der Waals surface area contributed by atoms with Crippen LogP contribution in [0.4, 0.5) is 84.7 Å². The number of rotatable bonds is 8. The molecule has 0 aliphatic carbocycles. The second-order valence-corrected chi connectivity index (χ2v) is 18.5. The summed E-state index contributed by atoms with van der Waals surface area (Å²) in [5, 5.41) is 0.161. The fourth-order valence-electron chi connectivity index (χ4n) is 8.65. The number of hydrogen-bond donors (Lipinski definition) is 0. The molecule has 0 radical (unpaired) electrons. The lowest BCUT2D eigenvalue weighted by molar-refractivity contribution is -0.144. The van der Waals surface area contributed by atoms with Crippen molar-refractivity contribution >= 4 is 39.8 Å². The molecule has 0 atom stereocenters. The zero-order valence-corrected chi connectivity index (χ0v) is 43.8. The highest BCUT2D eigenvalue weighted by atomic mass is 19.4. The highest BCUT2D eigenvalue weighted by Crippen LogP contribution is 2.47. The number of nitrogens with zero attached hydrogens (tertiary/aromatic N) is 2. The zero-order valence-electron chi connectivity index (χ0n) is 43.8. The Balaban J connectivity index is 0.000000510. The Bertz CT molecular complexity index is 3560. The molecule has 0 saturated heterocycles. The first-order valence-corrected chi connectivity index (χ1v) is 24.5. The number of aryl methyl sites for hydroxylation is 2. The van der Waals surface area contributed by atoms with Crippen LogP contribution in [-0.2, 0) is 29.5 Å². The molecule has 4 nitrogen and oxygen atoms in total. The number of fused-ring (bicyclic) bond motifs is 3. The molecule has 0 N–H and O–H groups in total. The summed E-state index contributed by atoms with van der Waals surface area (Å²) < 4.78 is 237. The first-order chi connectivity index (χ1) is 39.0. The fourth-order valence-corrected chi connectivity index (χ4v) is 8.65. The molecule has 22 heteroatoms. The van der Waals surface area contributed by atoms with Gasteiger partial charge in [0.1, 0.15) is 0 Å². The van der Waals surface area contributed by atoms with Crippen LogP contribution in [0.5, 0.6) is 0 Å². The molecule has 0 bridgehead atoms. The van der Waals surface area contributed by atoms with Crippen LogP contribution >= 0.6 is 0 Å². The van der Waals surface area contributed by atoms with Gasteiger partial charge in [0, 0.05) is 28.8 Å².